The van der Waals surface area contributed by atoms with Crippen LogP contribution in [0, 0.1) is 0 Å². The van der Waals surface area contributed by atoms with Crippen molar-refractivity contribution in [1.29, 1.82) is 0 Å². The molecule has 1 aliphatic heterocycles. The van der Waals surface area contributed by atoms with E-state index in [1.54, 1.807) is 4.90 Å². The fourth-order valence-corrected chi connectivity index (χ4v) is 3.22. The summed E-state index contributed by atoms with van der Waals surface area (Å²) < 4.78 is 23.4. The van der Waals surface area contributed by atoms with E-state index in [4.69, 9.17) is 5.14 Å². The van der Waals surface area contributed by atoms with Crippen LogP contribution in [-0.2, 0) is 10.0 Å². The van der Waals surface area contributed by atoms with Gasteiger partial charge < -0.3 is 9.80 Å². The molecule has 0 spiro atoms. The quantitative estimate of drug-likeness (QED) is 0.831. The first-order chi connectivity index (χ1) is 9.79. The SMILES string of the molecule is CN1CCCN(C(=O)c2cc(S(N)(=O)=O)ccc2Br)CC1. The van der Waals surface area contributed by atoms with Gasteiger partial charge in [-0.2, -0.15) is 0 Å². The molecule has 1 heterocycles. The van der Waals surface area contributed by atoms with Gasteiger partial charge in [-0.25, -0.2) is 13.6 Å². The van der Waals surface area contributed by atoms with E-state index >= 15 is 0 Å². The van der Waals surface area contributed by atoms with Crippen molar-refractivity contribution in [2.45, 2.75) is 11.3 Å². The number of nitrogens with two attached hydrogens (primary N) is 1. The Balaban J connectivity index is 2.30. The van der Waals surface area contributed by atoms with Crippen LogP contribution < -0.4 is 5.14 Å². The molecule has 0 bridgehead atoms. The van der Waals surface area contributed by atoms with Crippen LogP contribution in [-0.4, -0.2) is 57.4 Å². The molecule has 0 atom stereocenters. The number of hydrogen-bond acceptors (Lipinski definition) is 4. The Labute approximate surface area is 133 Å². The second-order valence-electron chi connectivity index (χ2n) is 5.14. The van der Waals surface area contributed by atoms with Crippen LogP contribution in [0.3, 0.4) is 0 Å². The summed E-state index contributed by atoms with van der Waals surface area (Å²) in [6, 6.07) is 4.25. The van der Waals surface area contributed by atoms with Crippen molar-refractivity contribution in [3.05, 3.63) is 28.2 Å². The molecule has 1 aliphatic rings. The van der Waals surface area contributed by atoms with Gasteiger partial charge in [0.25, 0.3) is 5.91 Å². The maximum atomic E-state index is 12.6. The maximum Gasteiger partial charge on any atom is 0.255 e. The molecule has 21 heavy (non-hydrogen) atoms. The highest BCUT2D eigenvalue weighted by molar-refractivity contribution is 9.10. The van der Waals surface area contributed by atoms with Gasteiger partial charge >= 0.3 is 0 Å². The molecule has 0 saturated carbocycles. The van der Waals surface area contributed by atoms with E-state index < -0.39 is 10.0 Å². The number of nitrogens with zero attached hydrogens (tertiary/aromatic N) is 2. The highest BCUT2D eigenvalue weighted by Crippen LogP contribution is 2.22. The predicted octanol–water partition coefficient (Wildman–Crippen LogP) is 0.874. The van der Waals surface area contributed by atoms with Crippen LogP contribution in [0.4, 0.5) is 0 Å². The third-order valence-corrected chi connectivity index (χ3v) is 5.11. The minimum absolute atomic E-state index is 0.0546. The number of carbonyl (C=O) groups excluding carboxylic acids is 1. The Hall–Kier alpha value is -0.960. The van der Waals surface area contributed by atoms with Gasteiger partial charge in [0.05, 0.1) is 10.5 Å². The Morgan fingerprint density at radius 2 is 1.95 bits per heavy atom. The summed E-state index contributed by atoms with van der Waals surface area (Å²) in [4.78, 5) is 16.5. The van der Waals surface area contributed by atoms with Gasteiger partial charge in [0.15, 0.2) is 0 Å². The molecular weight excluding hydrogens is 358 g/mol. The lowest BCUT2D eigenvalue weighted by atomic mass is 10.2. The fourth-order valence-electron chi connectivity index (χ4n) is 2.27. The molecule has 1 aromatic carbocycles. The second kappa shape index (κ2) is 6.43. The second-order valence-corrected chi connectivity index (χ2v) is 7.55. The highest BCUT2D eigenvalue weighted by atomic mass is 79.9. The van der Waals surface area contributed by atoms with Crippen molar-refractivity contribution >= 4 is 31.9 Å². The molecule has 1 amide bonds. The van der Waals surface area contributed by atoms with Crippen LogP contribution >= 0.6 is 15.9 Å². The number of hydrogen-bond donors (Lipinski definition) is 1. The number of primary sulfonamides is 1. The van der Waals surface area contributed by atoms with Gasteiger partial charge in [-0.15, -0.1) is 0 Å². The lowest BCUT2D eigenvalue weighted by Crippen LogP contribution is -2.34. The van der Waals surface area contributed by atoms with E-state index in [0.717, 1.165) is 19.5 Å². The number of sulfonamides is 1. The molecule has 2 rings (SSSR count). The smallest absolute Gasteiger partial charge is 0.255 e. The number of halogens is 1. The number of benzene rings is 1. The number of amides is 1. The first kappa shape index (κ1) is 16.4. The molecule has 0 unspecified atom stereocenters. The van der Waals surface area contributed by atoms with Crippen molar-refractivity contribution in [1.82, 2.24) is 9.80 Å². The van der Waals surface area contributed by atoms with E-state index in [2.05, 4.69) is 20.8 Å². The van der Waals surface area contributed by atoms with Crippen LogP contribution in [0.5, 0.6) is 0 Å². The molecule has 8 heteroatoms. The average molecular weight is 376 g/mol. The van der Waals surface area contributed by atoms with Crippen LogP contribution in [0.15, 0.2) is 27.6 Å². The molecule has 1 aromatic rings. The largest absolute Gasteiger partial charge is 0.337 e. The van der Waals surface area contributed by atoms with Gasteiger partial charge in [0, 0.05) is 24.1 Å². The van der Waals surface area contributed by atoms with E-state index in [1.807, 2.05) is 7.05 Å². The Bertz CT molecular complexity index is 648. The Morgan fingerprint density at radius 3 is 2.62 bits per heavy atom. The fraction of sp³-hybridized carbons (Fsp3) is 0.462. The molecule has 0 radical (unpaired) electrons. The summed E-state index contributed by atoms with van der Waals surface area (Å²) in [5.74, 6) is -0.178. The molecule has 116 valence electrons. The Kier molecular flexibility index (Phi) is 5.03. The van der Waals surface area contributed by atoms with Crippen LogP contribution in [0.1, 0.15) is 16.8 Å². The molecule has 1 saturated heterocycles. The van der Waals surface area contributed by atoms with Gasteiger partial charge in [-0.05, 0) is 54.1 Å². The van der Waals surface area contributed by atoms with E-state index in [0.29, 0.717) is 23.1 Å². The number of rotatable bonds is 2. The summed E-state index contributed by atoms with van der Waals surface area (Å²) in [5.41, 5.74) is 0.325. The van der Waals surface area contributed by atoms with Crippen molar-refractivity contribution in [2.75, 3.05) is 33.2 Å². The topological polar surface area (TPSA) is 83.7 Å². The first-order valence-electron chi connectivity index (χ1n) is 6.59. The molecule has 6 nitrogen and oxygen atoms in total. The molecule has 0 aromatic heterocycles. The maximum absolute atomic E-state index is 12.6. The van der Waals surface area contributed by atoms with Crippen molar-refractivity contribution in [3.8, 4) is 0 Å². The van der Waals surface area contributed by atoms with E-state index in [9.17, 15) is 13.2 Å². The summed E-state index contributed by atoms with van der Waals surface area (Å²) >= 11 is 3.30. The molecule has 0 aliphatic carbocycles. The lowest BCUT2D eigenvalue weighted by Gasteiger charge is -2.21. The van der Waals surface area contributed by atoms with Gasteiger partial charge in [-0.1, -0.05) is 0 Å². The summed E-state index contributed by atoms with van der Waals surface area (Å²) in [6.07, 6.45) is 0.898. The van der Waals surface area contributed by atoms with Crippen molar-refractivity contribution in [3.63, 3.8) is 0 Å². The predicted molar refractivity (Wildman–Crippen MR) is 83.5 cm³/mol. The summed E-state index contributed by atoms with van der Waals surface area (Å²) in [6.45, 7) is 3.04. The van der Waals surface area contributed by atoms with Gasteiger partial charge in [0.2, 0.25) is 10.0 Å². The van der Waals surface area contributed by atoms with E-state index in [-0.39, 0.29) is 10.8 Å². The summed E-state index contributed by atoms with van der Waals surface area (Å²) in [5, 5.41) is 5.12. The van der Waals surface area contributed by atoms with E-state index in [1.165, 1.54) is 18.2 Å². The average Bonchev–Trinajstić information content (AvgIpc) is 2.62. The minimum Gasteiger partial charge on any atom is -0.337 e. The highest BCUT2D eigenvalue weighted by Gasteiger charge is 2.22. The van der Waals surface area contributed by atoms with Crippen LogP contribution in [0.2, 0.25) is 0 Å². The summed E-state index contributed by atoms with van der Waals surface area (Å²) in [7, 11) is -1.80. The molecular formula is C13H18BrN3O3S. The minimum atomic E-state index is -3.82. The van der Waals surface area contributed by atoms with Crippen LogP contribution in [0.25, 0.3) is 0 Å². The number of carbonyl (C=O) groups is 1. The third kappa shape index (κ3) is 4.03. The standard InChI is InChI=1S/C13H18BrN3O3S/c1-16-5-2-6-17(8-7-16)13(18)11-9-10(21(15,19)20)3-4-12(11)14/h3-4,9H,2,5-8H2,1H3,(H2,15,19,20). The number of likely N-dealkylation sites (N-methyl/N-ethyl adjacent to an activating group) is 1. The zero-order chi connectivity index (χ0) is 15.6. The zero-order valence-corrected chi connectivity index (χ0v) is 14.2. The normalized spacial score (nSPS) is 17.6. The molecule has 2 N–H and O–H groups in total. The van der Waals surface area contributed by atoms with Crippen molar-refractivity contribution < 1.29 is 13.2 Å². The van der Waals surface area contributed by atoms with Gasteiger partial charge in [0.1, 0.15) is 0 Å². The van der Waals surface area contributed by atoms with Crippen molar-refractivity contribution in [2.24, 2.45) is 5.14 Å². The zero-order valence-electron chi connectivity index (χ0n) is 11.8. The monoisotopic (exact) mass is 375 g/mol. The third-order valence-electron chi connectivity index (χ3n) is 3.50. The Morgan fingerprint density at radius 1 is 1.24 bits per heavy atom. The van der Waals surface area contributed by atoms with Gasteiger partial charge in [-0.3, -0.25) is 4.79 Å². The molecule has 1 fully saturated rings. The lowest BCUT2D eigenvalue weighted by molar-refractivity contribution is 0.0761. The first-order valence-corrected chi connectivity index (χ1v) is 8.93.